The van der Waals surface area contributed by atoms with Crippen molar-refractivity contribution in [3.8, 4) is 0 Å². The molecule has 1 saturated heterocycles. The summed E-state index contributed by atoms with van der Waals surface area (Å²) >= 11 is 0. The van der Waals surface area contributed by atoms with E-state index in [9.17, 15) is 29.7 Å². The van der Waals surface area contributed by atoms with E-state index in [-0.39, 0.29) is 25.0 Å². The van der Waals surface area contributed by atoms with E-state index < -0.39 is 90.8 Å². The first-order chi connectivity index (χ1) is 22.9. The first kappa shape index (κ1) is 37.6. The summed E-state index contributed by atoms with van der Waals surface area (Å²) in [5, 5.41) is 37.9. The van der Waals surface area contributed by atoms with Crippen molar-refractivity contribution >= 4 is 26.2 Å². The molecule has 11 nitrogen and oxygen atoms in total. The third kappa shape index (κ3) is 5.70. The van der Waals surface area contributed by atoms with Crippen molar-refractivity contribution in [2.75, 3.05) is 6.61 Å². The Hall–Kier alpha value is -2.61. The summed E-state index contributed by atoms with van der Waals surface area (Å²) in [7, 11) is -2.44. The molecule has 0 aromatic heterocycles. The molecule has 1 heterocycles. The van der Waals surface area contributed by atoms with Crippen molar-refractivity contribution in [2.45, 2.75) is 141 Å². The van der Waals surface area contributed by atoms with Gasteiger partial charge in [0, 0.05) is 37.5 Å². The van der Waals surface area contributed by atoms with Gasteiger partial charge in [0.15, 0.2) is 20.0 Å². The quantitative estimate of drug-likeness (QED) is 0.144. The average Bonchev–Trinajstić information content (AvgIpc) is 3.04. The lowest BCUT2D eigenvalue weighted by molar-refractivity contribution is -0.363. The van der Waals surface area contributed by atoms with Crippen LogP contribution in [-0.4, -0.2) is 96.0 Å². The van der Waals surface area contributed by atoms with Crippen molar-refractivity contribution in [3.63, 3.8) is 0 Å². The minimum absolute atomic E-state index is 0.0900. The Bertz CT molecular complexity index is 1470. The summed E-state index contributed by atoms with van der Waals surface area (Å²) in [4.78, 5) is 40.0. The second-order valence-corrected chi connectivity index (χ2v) is 20.0. The van der Waals surface area contributed by atoms with E-state index >= 15 is 0 Å². The number of ether oxygens (including phenoxy) is 4. The van der Waals surface area contributed by atoms with Crippen LogP contribution in [0, 0.1) is 16.7 Å². The number of hydrogen-bond acceptors (Lipinski definition) is 11. The summed E-state index contributed by atoms with van der Waals surface area (Å²) in [6, 6.07) is 10.7. The number of aliphatic hydroxyl groups excluding tert-OH is 2. The fraction of sp³-hybridized carbons (Fsp3) is 0.703. The molecule has 1 aliphatic heterocycles. The fourth-order valence-electron chi connectivity index (χ4n) is 9.60. The first-order valence-electron chi connectivity index (χ1n) is 17.6. The number of carbonyl (C=O) groups excluding carboxylic acids is 3. The fourth-order valence-corrected chi connectivity index (χ4v) is 12.6. The Kier molecular flexibility index (Phi) is 10.1. The van der Waals surface area contributed by atoms with Gasteiger partial charge in [-0.25, -0.2) is 4.79 Å². The highest BCUT2D eigenvalue weighted by atomic mass is 28.4. The summed E-state index contributed by atoms with van der Waals surface area (Å²) in [6.45, 7) is 15.7. The van der Waals surface area contributed by atoms with Gasteiger partial charge in [-0.2, -0.15) is 0 Å². The molecule has 2 saturated carbocycles. The topological polar surface area (TPSA) is 158 Å². The molecule has 10 atom stereocenters. The standard InChI is InChI=1S/C37H54O11Si/c1-10-49(11-2,12-3)48-26-18-27-36(20-44-27,47-23(6)39)30-32(46-33(42)24-16-14-13-15-17-24)37(43)19-25(40)21(4)28(34(37,7)8)29(45-22(5)38)31(41)35(26,30)9/h13-17,25-27,29-32,40-41,43H,10-12,18-20H2,1-9H3/t25-,26-,27+,29+,30-,31-,32-,35+,36-,37+/m0/s1. The van der Waals surface area contributed by atoms with Gasteiger partial charge in [0.05, 0.1) is 30.3 Å². The van der Waals surface area contributed by atoms with Gasteiger partial charge >= 0.3 is 17.9 Å². The molecule has 0 unspecified atom stereocenters. The Labute approximate surface area is 290 Å². The van der Waals surface area contributed by atoms with Gasteiger partial charge in [-0.1, -0.05) is 59.7 Å². The number of hydrogen-bond donors (Lipinski definition) is 3. The average molecular weight is 703 g/mol. The predicted molar refractivity (Wildman–Crippen MR) is 182 cm³/mol. The first-order valence-corrected chi connectivity index (χ1v) is 20.1. The molecule has 4 aliphatic rings. The van der Waals surface area contributed by atoms with Gasteiger partial charge in [-0.3, -0.25) is 9.59 Å². The maximum atomic E-state index is 14.1. The van der Waals surface area contributed by atoms with Crippen molar-refractivity contribution in [3.05, 3.63) is 47.0 Å². The zero-order valence-corrected chi connectivity index (χ0v) is 31.3. The second-order valence-electron chi connectivity index (χ2n) is 15.3. The predicted octanol–water partition coefficient (Wildman–Crippen LogP) is 4.47. The lowest BCUT2D eigenvalue weighted by atomic mass is 9.44. The zero-order valence-electron chi connectivity index (χ0n) is 30.3. The minimum atomic E-state index is -2.44. The molecule has 3 N–H and O–H groups in total. The molecular weight excluding hydrogens is 648 g/mol. The van der Waals surface area contributed by atoms with Gasteiger partial charge in [0.25, 0.3) is 0 Å². The van der Waals surface area contributed by atoms with E-state index in [1.807, 2.05) is 0 Å². The van der Waals surface area contributed by atoms with Crippen LogP contribution < -0.4 is 0 Å². The van der Waals surface area contributed by atoms with Crippen LogP contribution in [0.25, 0.3) is 0 Å². The van der Waals surface area contributed by atoms with E-state index in [4.69, 9.17) is 23.4 Å². The Morgan fingerprint density at radius 2 is 1.57 bits per heavy atom. The molecule has 3 fully saturated rings. The number of carbonyl (C=O) groups is 3. The van der Waals surface area contributed by atoms with Gasteiger partial charge in [-0.05, 0) is 48.3 Å². The number of rotatable bonds is 9. The third-order valence-corrected chi connectivity index (χ3v) is 17.4. The van der Waals surface area contributed by atoms with Gasteiger partial charge in [-0.15, -0.1) is 0 Å². The minimum Gasteiger partial charge on any atom is -0.455 e. The van der Waals surface area contributed by atoms with Crippen LogP contribution >= 0.6 is 0 Å². The molecule has 12 heteroatoms. The van der Waals surface area contributed by atoms with Crippen LogP contribution in [-0.2, 0) is 33.0 Å². The molecule has 49 heavy (non-hydrogen) atoms. The lowest BCUT2D eigenvalue weighted by Gasteiger charge is -2.70. The van der Waals surface area contributed by atoms with Crippen LogP contribution in [0.1, 0.15) is 85.5 Å². The molecule has 3 aliphatic carbocycles. The van der Waals surface area contributed by atoms with Crippen molar-refractivity contribution in [1.29, 1.82) is 0 Å². The number of benzene rings is 1. The highest BCUT2D eigenvalue weighted by Gasteiger charge is 2.78. The third-order valence-electron chi connectivity index (χ3n) is 12.7. The summed E-state index contributed by atoms with van der Waals surface area (Å²) in [5.41, 5.74) is -5.29. The van der Waals surface area contributed by atoms with E-state index in [0.717, 1.165) is 18.1 Å². The molecule has 0 amide bonds. The molecule has 0 spiro atoms. The van der Waals surface area contributed by atoms with Crippen LogP contribution in [0.15, 0.2) is 41.5 Å². The summed E-state index contributed by atoms with van der Waals surface area (Å²) in [5.74, 6) is -3.15. The Morgan fingerprint density at radius 3 is 2.08 bits per heavy atom. The largest absolute Gasteiger partial charge is 0.455 e. The van der Waals surface area contributed by atoms with Crippen LogP contribution in [0.4, 0.5) is 0 Å². The molecule has 1 aromatic rings. The monoisotopic (exact) mass is 702 g/mol. The van der Waals surface area contributed by atoms with Crippen molar-refractivity contribution < 1.29 is 53.1 Å². The van der Waals surface area contributed by atoms with E-state index in [2.05, 4.69) is 20.8 Å². The normalized spacial score (nSPS) is 38.2. The van der Waals surface area contributed by atoms with Gasteiger partial charge in [0.2, 0.25) is 0 Å². The molecule has 0 radical (unpaired) electrons. The molecule has 272 valence electrons. The highest BCUT2D eigenvalue weighted by Crippen LogP contribution is 2.66. The van der Waals surface area contributed by atoms with E-state index in [0.29, 0.717) is 11.1 Å². The van der Waals surface area contributed by atoms with Crippen LogP contribution in [0.2, 0.25) is 18.1 Å². The molecule has 2 bridgehead atoms. The summed E-state index contributed by atoms with van der Waals surface area (Å²) in [6.07, 6.45) is -7.03. The smallest absolute Gasteiger partial charge is 0.338 e. The van der Waals surface area contributed by atoms with Gasteiger partial charge < -0.3 is 38.7 Å². The SMILES string of the molecule is CC[Si](CC)(CC)O[C@H]1C[C@H]2OC[C@@]2(OC(C)=O)[C@H]2[C@H](OC(=O)c3ccccc3)[C@]3(O)C[C@H](O)C(C)=C([C@@H](OC(C)=O)[C@H](O)[C@]12C)C3(C)C. The zero-order chi connectivity index (χ0) is 36.3. The number of fused-ring (bicyclic) bond motifs is 5. The maximum absolute atomic E-state index is 14.1. The molecule has 5 rings (SSSR count). The second kappa shape index (κ2) is 13.2. The summed E-state index contributed by atoms with van der Waals surface area (Å²) < 4.78 is 32.2. The molecular formula is C37H54O11Si. The number of esters is 3. The highest BCUT2D eigenvalue weighted by molar-refractivity contribution is 6.73. The van der Waals surface area contributed by atoms with E-state index in [1.54, 1.807) is 58.0 Å². The molecule has 1 aromatic carbocycles. The Balaban J connectivity index is 1.88. The lowest BCUT2D eigenvalue weighted by Crippen LogP contribution is -2.83. The number of aliphatic hydroxyl groups is 3. The van der Waals surface area contributed by atoms with Gasteiger partial charge in [0.1, 0.15) is 23.9 Å². The van der Waals surface area contributed by atoms with Crippen LogP contribution in [0.5, 0.6) is 0 Å². The van der Waals surface area contributed by atoms with E-state index in [1.165, 1.54) is 13.8 Å². The van der Waals surface area contributed by atoms with Crippen molar-refractivity contribution in [2.24, 2.45) is 16.7 Å². The Morgan fingerprint density at radius 1 is 0.959 bits per heavy atom. The maximum Gasteiger partial charge on any atom is 0.338 e. The van der Waals surface area contributed by atoms with Crippen LogP contribution in [0.3, 0.4) is 0 Å². The van der Waals surface area contributed by atoms with Crippen molar-refractivity contribution in [1.82, 2.24) is 0 Å².